The minimum absolute atomic E-state index is 0.114. The molecule has 2 heterocycles. The lowest BCUT2D eigenvalue weighted by atomic mass is 9.78. The summed E-state index contributed by atoms with van der Waals surface area (Å²) in [6.45, 7) is 0. The van der Waals surface area contributed by atoms with Gasteiger partial charge in [0.25, 0.3) is 5.91 Å². The van der Waals surface area contributed by atoms with E-state index in [1.165, 1.54) is 7.11 Å². The van der Waals surface area contributed by atoms with Crippen LogP contribution in [0.5, 0.6) is 0 Å². The molecule has 1 aromatic rings. The number of ether oxygens (including phenoxy) is 1. The summed E-state index contributed by atoms with van der Waals surface area (Å²) >= 11 is 0. The Morgan fingerprint density at radius 1 is 1.29 bits per heavy atom. The first kappa shape index (κ1) is 17.0. The lowest BCUT2D eigenvalue weighted by Gasteiger charge is -2.36. The van der Waals surface area contributed by atoms with Crippen molar-refractivity contribution in [2.75, 3.05) is 19.1 Å². The fourth-order valence-corrected chi connectivity index (χ4v) is 5.43. The summed E-state index contributed by atoms with van der Waals surface area (Å²) in [5.41, 5.74) is -0.673. The third-order valence-corrected chi connectivity index (χ3v) is 6.18. The number of amides is 1. The number of rotatable bonds is 4. The van der Waals surface area contributed by atoms with Gasteiger partial charge in [-0.2, -0.15) is 0 Å². The molecule has 1 aromatic carbocycles. The monoisotopic (exact) mass is 351 g/mol. The van der Waals surface area contributed by atoms with Crippen molar-refractivity contribution in [1.82, 2.24) is 4.90 Å². The standard InChI is InChI=1S/C17H21NO5S/c1-23-16(20)17-9-8-14(10-13(17)11-24(2,21)22)18(17)15(19)12-6-4-3-5-7-12/h3-7,13-14H,8-11H2,1-2H3/t13-,14+,17-/m0/s1. The van der Waals surface area contributed by atoms with Crippen molar-refractivity contribution in [3.8, 4) is 0 Å². The molecule has 0 N–H and O–H groups in total. The molecule has 3 rings (SSSR count). The first-order valence-electron chi connectivity index (χ1n) is 7.94. The number of esters is 1. The Morgan fingerprint density at radius 3 is 2.54 bits per heavy atom. The van der Waals surface area contributed by atoms with Crippen LogP contribution in [0.2, 0.25) is 0 Å². The van der Waals surface area contributed by atoms with Crippen LogP contribution in [-0.4, -0.2) is 55.9 Å². The third-order valence-electron chi connectivity index (χ3n) is 5.17. The molecule has 0 radical (unpaired) electrons. The quantitative estimate of drug-likeness (QED) is 0.763. The van der Waals surface area contributed by atoms with Crippen LogP contribution in [-0.2, 0) is 19.4 Å². The lowest BCUT2D eigenvalue weighted by molar-refractivity contribution is -0.153. The van der Waals surface area contributed by atoms with E-state index in [4.69, 9.17) is 4.74 Å². The Balaban J connectivity index is 2.03. The maximum atomic E-state index is 13.0. The summed E-state index contributed by atoms with van der Waals surface area (Å²) < 4.78 is 28.6. The maximum absolute atomic E-state index is 13.0. The van der Waals surface area contributed by atoms with Crippen molar-refractivity contribution in [1.29, 1.82) is 0 Å². The molecule has 7 heteroatoms. The number of hydrogen-bond acceptors (Lipinski definition) is 5. The van der Waals surface area contributed by atoms with Gasteiger partial charge in [-0.05, 0) is 31.4 Å². The van der Waals surface area contributed by atoms with Gasteiger partial charge < -0.3 is 9.64 Å². The van der Waals surface area contributed by atoms with Crippen LogP contribution in [0.1, 0.15) is 29.6 Å². The molecule has 2 saturated heterocycles. The number of sulfone groups is 1. The molecule has 0 aliphatic carbocycles. The van der Waals surface area contributed by atoms with Gasteiger partial charge in [0.2, 0.25) is 0 Å². The summed E-state index contributed by atoms with van der Waals surface area (Å²) in [7, 11) is -1.99. The zero-order valence-corrected chi connectivity index (χ0v) is 14.6. The van der Waals surface area contributed by atoms with Crippen molar-refractivity contribution in [3.63, 3.8) is 0 Å². The smallest absolute Gasteiger partial charge is 0.332 e. The fourth-order valence-electron chi connectivity index (χ4n) is 4.29. The first-order chi connectivity index (χ1) is 11.3. The molecule has 24 heavy (non-hydrogen) atoms. The molecule has 0 aromatic heterocycles. The van der Waals surface area contributed by atoms with Gasteiger partial charge in [-0.15, -0.1) is 0 Å². The highest BCUT2D eigenvalue weighted by molar-refractivity contribution is 7.90. The molecule has 0 unspecified atom stereocenters. The molecule has 3 atom stereocenters. The molecule has 0 spiro atoms. The highest BCUT2D eigenvalue weighted by Gasteiger charge is 2.65. The predicted molar refractivity (Wildman–Crippen MR) is 88.2 cm³/mol. The molecule has 2 fully saturated rings. The fraction of sp³-hybridized carbons (Fsp3) is 0.529. The van der Waals surface area contributed by atoms with Gasteiger partial charge in [-0.3, -0.25) is 4.79 Å². The van der Waals surface area contributed by atoms with Crippen LogP contribution in [0.4, 0.5) is 0 Å². The lowest BCUT2D eigenvalue weighted by Crippen LogP contribution is -2.56. The van der Waals surface area contributed by atoms with E-state index < -0.39 is 27.3 Å². The van der Waals surface area contributed by atoms with E-state index in [1.807, 2.05) is 6.07 Å². The summed E-state index contributed by atoms with van der Waals surface area (Å²) in [4.78, 5) is 27.2. The van der Waals surface area contributed by atoms with Crippen molar-refractivity contribution < 1.29 is 22.7 Å². The summed E-state index contributed by atoms with van der Waals surface area (Å²) in [6.07, 6.45) is 2.81. The van der Waals surface area contributed by atoms with Crippen molar-refractivity contribution in [2.45, 2.75) is 30.8 Å². The molecule has 0 saturated carbocycles. The normalized spacial score (nSPS) is 28.8. The number of carbonyl (C=O) groups is 2. The van der Waals surface area contributed by atoms with Crippen LogP contribution in [0, 0.1) is 5.92 Å². The molecule has 2 aliphatic heterocycles. The van der Waals surface area contributed by atoms with Crippen molar-refractivity contribution in [2.24, 2.45) is 5.92 Å². The van der Waals surface area contributed by atoms with Crippen LogP contribution in [0.15, 0.2) is 30.3 Å². The predicted octanol–water partition coefficient (Wildman–Crippen LogP) is 1.27. The second-order valence-corrected chi connectivity index (χ2v) is 8.86. The van der Waals surface area contributed by atoms with Crippen molar-refractivity contribution in [3.05, 3.63) is 35.9 Å². The van der Waals surface area contributed by atoms with Crippen LogP contribution >= 0.6 is 0 Å². The zero-order chi connectivity index (χ0) is 17.5. The zero-order valence-electron chi connectivity index (χ0n) is 13.8. The number of carbonyl (C=O) groups excluding carboxylic acids is 2. The van der Waals surface area contributed by atoms with E-state index in [0.29, 0.717) is 24.8 Å². The summed E-state index contributed by atoms with van der Waals surface area (Å²) in [5, 5.41) is 0. The van der Waals surface area contributed by atoms with Gasteiger partial charge in [0.15, 0.2) is 0 Å². The Morgan fingerprint density at radius 2 is 1.96 bits per heavy atom. The van der Waals surface area contributed by atoms with Gasteiger partial charge >= 0.3 is 5.97 Å². The summed E-state index contributed by atoms with van der Waals surface area (Å²) in [6, 6.07) is 8.64. The number of hydrogen-bond donors (Lipinski definition) is 0. The van der Waals surface area contributed by atoms with Crippen LogP contribution in [0.25, 0.3) is 0 Å². The average Bonchev–Trinajstić information content (AvgIpc) is 3.06. The molecular weight excluding hydrogens is 330 g/mol. The van der Waals surface area contributed by atoms with Crippen molar-refractivity contribution >= 4 is 21.7 Å². The van der Waals surface area contributed by atoms with Gasteiger partial charge in [0, 0.05) is 23.8 Å². The van der Waals surface area contributed by atoms with Crippen LogP contribution < -0.4 is 0 Å². The summed E-state index contributed by atoms with van der Waals surface area (Å²) in [5.74, 6) is -1.29. The van der Waals surface area contributed by atoms with Gasteiger partial charge in [-0.25, -0.2) is 13.2 Å². The topological polar surface area (TPSA) is 80.8 Å². The number of methoxy groups -OCH3 is 1. The second kappa shape index (κ2) is 5.88. The average molecular weight is 351 g/mol. The van der Waals surface area contributed by atoms with Gasteiger partial charge in [0.1, 0.15) is 15.4 Å². The van der Waals surface area contributed by atoms with E-state index in [9.17, 15) is 18.0 Å². The largest absolute Gasteiger partial charge is 0.467 e. The highest BCUT2D eigenvalue weighted by Crippen LogP contribution is 2.51. The second-order valence-electron chi connectivity index (χ2n) is 6.67. The highest BCUT2D eigenvalue weighted by atomic mass is 32.2. The molecule has 2 bridgehead atoms. The van der Waals surface area contributed by atoms with E-state index in [1.54, 1.807) is 29.2 Å². The number of nitrogens with zero attached hydrogens (tertiary/aromatic N) is 1. The minimum Gasteiger partial charge on any atom is -0.467 e. The van der Waals surface area contributed by atoms with E-state index in [2.05, 4.69) is 0 Å². The van der Waals surface area contributed by atoms with E-state index in [-0.39, 0.29) is 17.7 Å². The number of benzene rings is 1. The minimum atomic E-state index is -3.27. The molecular formula is C17H21NO5S. The Hall–Kier alpha value is -1.89. The molecule has 1 amide bonds. The SMILES string of the molecule is COC(=O)[C@]12CC[C@H](C[C@H]1CS(C)(=O)=O)N2C(=O)c1ccccc1. The first-order valence-corrected chi connectivity index (χ1v) is 10.0. The van der Waals surface area contributed by atoms with Gasteiger partial charge in [0.05, 0.1) is 12.9 Å². The van der Waals surface area contributed by atoms with E-state index in [0.717, 1.165) is 6.26 Å². The molecule has 6 nitrogen and oxygen atoms in total. The maximum Gasteiger partial charge on any atom is 0.332 e. The molecule has 130 valence electrons. The third kappa shape index (κ3) is 2.60. The molecule has 2 aliphatic rings. The van der Waals surface area contributed by atoms with E-state index >= 15 is 0 Å². The Bertz CT molecular complexity index is 760. The Labute approximate surface area is 141 Å². The van der Waals surface area contributed by atoms with Gasteiger partial charge in [-0.1, -0.05) is 18.2 Å². The number of fused-ring (bicyclic) bond motifs is 2. The Kier molecular flexibility index (Phi) is 4.15. The van der Waals surface area contributed by atoms with Crippen LogP contribution in [0.3, 0.4) is 0 Å².